The van der Waals surface area contributed by atoms with Gasteiger partial charge in [0.05, 0.1) is 12.2 Å². The molecule has 12 heavy (non-hydrogen) atoms. The predicted molar refractivity (Wildman–Crippen MR) is 47.8 cm³/mol. The topological polar surface area (TPSA) is 52.5 Å². The number of allylic oxidation sites excluding steroid dienone is 1. The van der Waals surface area contributed by atoms with Gasteiger partial charge < -0.3 is 15.5 Å². The lowest BCUT2D eigenvalue weighted by Crippen LogP contribution is -2.28. The highest BCUT2D eigenvalue weighted by Crippen LogP contribution is 2.14. The summed E-state index contributed by atoms with van der Waals surface area (Å²) in [5.74, 6) is -0.0344. The van der Waals surface area contributed by atoms with E-state index in [-0.39, 0.29) is 5.92 Å². The Morgan fingerprint density at radius 2 is 2.33 bits per heavy atom. The molecule has 1 rings (SSSR count). The van der Waals surface area contributed by atoms with E-state index in [0.29, 0.717) is 13.1 Å². The van der Waals surface area contributed by atoms with Crippen LogP contribution in [-0.2, 0) is 0 Å². The van der Waals surface area contributed by atoms with Crippen LogP contribution < -0.4 is 5.32 Å². The van der Waals surface area contributed by atoms with E-state index >= 15 is 0 Å². The maximum absolute atomic E-state index is 9.56. The highest BCUT2D eigenvalue weighted by atomic mass is 16.3. The normalized spacial score (nSPS) is 32.9. The summed E-state index contributed by atoms with van der Waals surface area (Å²) < 4.78 is 0. The average molecular weight is 171 g/mol. The highest BCUT2D eigenvalue weighted by molar-refractivity contribution is 4.97. The van der Waals surface area contributed by atoms with Crippen molar-refractivity contribution in [1.29, 1.82) is 0 Å². The summed E-state index contributed by atoms with van der Waals surface area (Å²) >= 11 is 0. The lowest BCUT2D eigenvalue weighted by atomic mass is 9.99. The van der Waals surface area contributed by atoms with Crippen molar-refractivity contribution in [2.24, 2.45) is 5.92 Å². The van der Waals surface area contributed by atoms with Crippen molar-refractivity contribution in [3.63, 3.8) is 0 Å². The van der Waals surface area contributed by atoms with Crippen LogP contribution >= 0.6 is 0 Å². The van der Waals surface area contributed by atoms with Gasteiger partial charge in [0, 0.05) is 19.0 Å². The first-order chi connectivity index (χ1) is 5.75. The molecule has 1 aliphatic heterocycles. The molecule has 1 fully saturated rings. The zero-order chi connectivity index (χ0) is 8.97. The summed E-state index contributed by atoms with van der Waals surface area (Å²) in [5.41, 5.74) is 0. The standard InChI is InChI=1S/C9H17NO2/c1-2-3-4-8(11)7-5-10-6-9(7)12/h3-4,7-12H,2,5-6H2,1H3/b4-3+. The van der Waals surface area contributed by atoms with E-state index in [0.717, 1.165) is 6.42 Å². The number of aliphatic hydroxyl groups excluding tert-OH is 2. The Morgan fingerprint density at radius 1 is 1.58 bits per heavy atom. The Labute approximate surface area is 73.1 Å². The van der Waals surface area contributed by atoms with Crippen molar-refractivity contribution in [2.45, 2.75) is 25.6 Å². The molecule has 0 saturated carbocycles. The third kappa shape index (κ3) is 2.30. The van der Waals surface area contributed by atoms with Crippen LogP contribution in [-0.4, -0.2) is 35.5 Å². The molecule has 0 spiro atoms. The molecule has 0 aromatic carbocycles. The first-order valence-electron chi connectivity index (χ1n) is 4.49. The molecule has 1 saturated heterocycles. The van der Waals surface area contributed by atoms with Gasteiger partial charge >= 0.3 is 0 Å². The van der Waals surface area contributed by atoms with Crippen LogP contribution in [0.3, 0.4) is 0 Å². The Balaban J connectivity index is 2.40. The van der Waals surface area contributed by atoms with Crippen molar-refractivity contribution in [1.82, 2.24) is 5.32 Å². The van der Waals surface area contributed by atoms with Gasteiger partial charge in [0.2, 0.25) is 0 Å². The monoisotopic (exact) mass is 171 g/mol. The van der Waals surface area contributed by atoms with Gasteiger partial charge in [-0.2, -0.15) is 0 Å². The van der Waals surface area contributed by atoms with Crippen molar-refractivity contribution < 1.29 is 10.2 Å². The van der Waals surface area contributed by atoms with E-state index in [1.165, 1.54) is 0 Å². The summed E-state index contributed by atoms with van der Waals surface area (Å²) in [5, 5.41) is 22.0. The molecule has 70 valence electrons. The van der Waals surface area contributed by atoms with Crippen LogP contribution in [0.4, 0.5) is 0 Å². The van der Waals surface area contributed by atoms with Crippen molar-refractivity contribution >= 4 is 0 Å². The molecule has 0 aromatic rings. The Kier molecular flexibility index (Phi) is 3.72. The first-order valence-corrected chi connectivity index (χ1v) is 4.49. The fourth-order valence-corrected chi connectivity index (χ4v) is 1.45. The summed E-state index contributed by atoms with van der Waals surface area (Å²) in [6, 6.07) is 0. The molecule has 0 amide bonds. The Bertz CT molecular complexity index is 159. The minimum Gasteiger partial charge on any atom is -0.391 e. The smallest absolute Gasteiger partial charge is 0.0786 e. The molecule has 0 bridgehead atoms. The second kappa shape index (κ2) is 4.60. The number of rotatable bonds is 3. The van der Waals surface area contributed by atoms with Gasteiger partial charge in [-0.3, -0.25) is 0 Å². The minimum atomic E-state index is -0.505. The molecule has 0 radical (unpaired) electrons. The average Bonchev–Trinajstić information content (AvgIpc) is 2.47. The third-order valence-corrected chi connectivity index (χ3v) is 2.24. The Morgan fingerprint density at radius 3 is 2.83 bits per heavy atom. The van der Waals surface area contributed by atoms with Crippen molar-refractivity contribution in [3.8, 4) is 0 Å². The molecule has 3 nitrogen and oxygen atoms in total. The van der Waals surface area contributed by atoms with Crippen LogP contribution in [0.5, 0.6) is 0 Å². The Hall–Kier alpha value is -0.380. The van der Waals surface area contributed by atoms with E-state index in [2.05, 4.69) is 5.32 Å². The van der Waals surface area contributed by atoms with Crippen LogP contribution in [0.15, 0.2) is 12.2 Å². The van der Waals surface area contributed by atoms with Gasteiger partial charge in [0.15, 0.2) is 0 Å². The summed E-state index contributed by atoms with van der Waals surface area (Å²) in [6.45, 7) is 3.32. The quantitative estimate of drug-likeness (QED) is 0.519. The van der Waals surface area contributed by atoms with Crippen molar-refractivity contribution in [2.75, 3.05) is 13.1 Å². The molecule has 3 atom stereocenters. The SMILES string of the molecule is CC/C=C/C(O)C1CNCC1O. The second-order valence-electron chi connectivity index (χ2n) is 3.22. The number of hydrogen-bond donors (Lipinski definition) is 3. The van der Waals surface area contributed by atoms with E-state index in [4.69, 9.17) is 0 Å². The van der Waals surface area contributed by atoms with E-state index in [1.807, 2.05) is 13.0 Å². The number of hydrogen-bond acceptors (Lipinski definition) is 3. The lowest BCUT2D eigenvalue weighted by Gasteiger charge is -2.16. The van der Waals surface area contributed by atoms with Gasteiger partial charge in [-0.15, -0.1) is 0 Å². The number of nitrogens with one attached hydrogen (secondary N) is 1. The van der Waals surface area contributed by atoms with E-state index in [1.54, 1.807) is 6.08 Å². The highest BCUT2D eigenvalue weighted by Gasteiger charge is 2.29. The summed E-state index contributed by atoms with van der Waals surface area (Å²) in [6.07, 6.45) is 3.71. The molecule has 3 unspecified atom stereocenters. The fourth-order valence-electron chi connectivity index (χ4n) is 1.45. The van der Waals surface area contributed by atoms with Crippen LogP contribution in [0.25, 0.3) is 0 Å². The maximum Gasteiger partial charge on any atom is 0.0786 e. The van der Waals surface area contributed by atoms with Gasteiger partial charge in [-0.05, 0) is 6.42 Å². The fraction of sp³-hybridized carbons (Fsp3) is 0.778. The molecular formula is C9H17NO2. The first kappa shape index (κ1) is 9.71. The molecule has 3 N–H and O–H groups in total. The minimum absolute atomic E-state index is 0.0344. The lowest BCUT2D eigenvalue weighted by molar-refractivity contribution is 0.0681. The molecular weight excluding hydrogens is 154 g/mol. The van der Waals surface area contributed by atoms with Gasteiger partial charge in [0.25, 0.3) is 0 Å². The van der Waals surface area contributed by atoms with Crippen LogP contribution in [0.1, 0.15) is 13.3 Å². The van der Waals surface area contributed by atoms with Crippen LogP contribution in [0.2, 0.25) is 0 Å². The zero-order valence-electron chi connectivity index (χ0n) is 7.40. The predicted octanol–water partition coefficient (Wildman–Crippen LogP) is -0.106. The van der Waals surface area contributed by atoms with Crippen molar-refractivity contribution in [3.05, 3.63) is 12.2 Å². The molecule has 1 heterocycles. The van der Waals surface area contributed by atoms with Gasteiger partial charge in [-0.1, -0.05) is 19.1 Å². The summed E-state index contributed by atoms with van der Waals surface area (Å²) in [7, 11) is 0. The zero-order valence-corrected chi connectivity index (χ0v) is 7.40. The second-order valence-corrected chi connectivity index (χ2v) is 3.22. The third-order valence-electron chi connectivity index (χ3n) is 2.24. The summed E-state index contributed by atoms with van der Waals surface area (Å²) in [4.78, 5) is 0. The van der Waals surface area contributed by atoms with Crippen LogP contribution in [0, 0.1) is 5.92 Å². The molecule has 1 aliphatic rings. The van der Waals surface area contributed by atoms with E-state index < -0.39 is 12.2 Å². The maximum atomic E-state index is 9.56. The van der Waals surface area contributed by atoms with E-state index in [9.17, 15) is 10.2 Å². The molecule has 3 heteroatoms. The molecule has 0 aliphatic carbocycles. The largest absolute Gasteiger partial charge is 0.391 e. The number of aliphatic hydroxyl groups is 2. The molecule has 0 aromatic heterocycles. The number of β-amino-alcohol motifs (C(OH)–C–C–N with tert-alkyl or cyclic N) is 1. The van der Waals surface area contributed by atoms with Gasteiger partial charge in [-0.25, -0.2) is 0 Å². The van der Waals surface area contributed by atoms with Gasteiger partial charge in [0.1, 0.15) is 0 Å².